The number of carbonyl (C=O) groups excluding carboxylic acids is 1. The van der Waals surface area contributed by atoms with E-state index in [1.807, 2.05) is 32.1 Å². The van der Waals surface area contributed by atoms with Gasteiger partial charge in [-0.15, -0.1) is 0 Å². The van der Waals surface area contributed by atoms with Gasteiger partial charge in [-0.05, 0) is 42.4 Å². The number of hydrogen-bond acceptors (Lipinski definition) is 2. The molecule has 1 aliphatic carbocycles. The van der Waals surface area contributed by atoms with E-state index in [2.05, 4.69) is 31.6 Å². The summed E-state index contributed by atoms with van der Waals surface area (Å²) in [5, 5.41) is 0. The van der Waals surface area contributed by atoms with Gasteiger partial charge in [0, 0.05) is 0 Å². The van der Waals surface area contributed by atoms with Crippen molar-refractivity contribution < 1.29 is 13.9 Å². The second-order valence-electron chi connectivity index (χ2n) is 5.83. The van der Waals surface area contributed by atoms with Crippen molar-refractivity contribution in [2.75, 3.05) is 6.61 Å². The number of allylic oxidation sites excluding steroid dienone is 7. The highest BCUT2D eigenvalue weighted by Crippen LogP contribution is 2.30. The number of hydrogen-bond donors (Lipinski definition) is 0. The number of ether oxygens (including phenoxy) is 1. The van der Waals surface area contributed by atoms with Crippen LogP contribution in [0.2, 0.25) is 0 Å². The maximum atomic E-state index is 13.9. The van der Waals surface area contributed by atoms with Gasteiger partial charge in [0.2, 0.25) is 5.83 Å². The van der Waals surface area contributed by atoms with Gasteiger partial charge in [-0.3, -0.25) is 0 Å². The summed E-state index contributed by atoms with van der Waals surface area (Å²) in [4.78, 5) is 11.4. The molecule has 0 spiro atoms. The molecule has 0 aromatic heterocycles. The van der Waals surface area contributed by atoms with E-state index in [0.717, 1.165) is 5.57 Å². The van der Waals surface area contributed by atoms with E-state index < -0.39 is 11.8 Å². The molecule has 0 atom stereocenters. The molecule has 1 rings (SSSR count). The largest absolute Gasteiger partial charge is 0.461 e. The third kappa shape index (κ3) is 6.00. The predicted molar refractivity (Wildman–Crippen MR) is 91.2 cm³/mol. The minimum Gasteiger partial charge on any atom is -0.461 e. The summed E-state index contributed by atoms with van der Waals surface area (Å²) in [6, 6.07) is 0. The van der Waals surface area contributed by atoms with Gasteiger partial charge in [0.05, 0.1) is 6.61 Å². The summed E-state index contributed by atoms with van der Waals surface area (Å²) < 4.78 is 18.6. The molecule has 0 aromatic carbocycles. The highest BCUT2D eigenvalue weighted by atomic mass is 19.1. The summed E-state index contributed by atoms with van der Waals surface area (Å²) in [5.41, 5.74) is 2.36. The van der Waals surface area contributed by atoms with E-state index in [-0.39, 0.29) is 12.0 Å². The molecule has 2 nitrogen and oxygen atoms in total. The first-order valence-corrected chi connectivity index (χ1v) is 7.89. The quantitative estimate of drug-likeness (QED) is 0.495. The van der Waals surface area contributed by atoms with Crippen molar-refractivity contribution >= 4 is 5.97 Å². The fourth-order valence-corrected chi connectivity index (χ4v) is 1.89. The molecule has 22 heavy (non-hydrogen) atoms. The fraction of sp³-hybridized carbons (Fsp3) is 0.526. The van der Waals surface area contributed by atoms with Crippen LogP contribution in [0.4, 0.5) is 4.39 Å². The van der Waals surface area contributed by atoms with Gasteiger partial charge >= 0.3 is 5.97 Å². The molecule has 3 heteroatoms. The van der Waals surface area contributed by atoms with Crippen molar-refractivity contribution in [3.05, 3.63) is 46.9 Å². The second kappa shape index (κ2) is 9.39. The third-order valence-electron chi connectivity index (χ3n) is 3.23. The standard InChI is InChI=1S/C17H23FO2.C2H6/c1-6-20-16(19)15(18)12(2)13-8-7-9-14(11-10-13)17(3,4)5;1-2/h7,9-11H,6,8H2,1-5H3;1-2H3/b15-12-;. The van der Waals surface area contributed by atoms with Crippen molar-refractivity contribution in [3.8, 4) is 0 Å². The Kier molecular flexibility index (Phi) is 8.69. The topological polar surface area (TPSA) is 26.3 Å². The smallest absolute Gasteiger partial charge is 0.367 e. The van der Waals surface area contributed by atoms with Crippen LogP contribution < -0.4 is 0 Å². The van der Waals surface area contributed by atoms with Crippen molar-refractivity contribution in [3.63, 3.8) is 0 Å². The molecule has 0 aliphatic heterocycles. The first kappa shape index (κ1) is 20.4. The Morgan fingerprint density at radius 2 is 1.86 bits per heavy atom. The Balaban J connectivity index is 0.00000211. The van der Waals surface area contributed by atoms with Crippen LogP contribution in [0.1, 0.15) is 54.9 Å². The van der Waals surface area contributed by atoms with E-state index in [1.165, 1.54) is 5.57 Å². The van der Waals surface area contributed by atoms with Crippen molar-refractivity contribution in [1.82, 2.24) is 0 Å². The summed E-state index contributed by atoms with van der Waals surface area (Å²) >= 11 is 0. The van der Waals surface area contributed by atoms with Crippen LogP contribution in [-0.4, -0.2) is 12.6 Å². The summed E-state index contributed by atoms with van der Waals surface area (Å²) in [6.07, 6.45) is 8.53. The van der Waals surface area contributed by atoms with E-state index >= 15 is 0 Å². The minimum atomic E-state index is -0.890. The molecule has 0 radical (unpaired) electrons. The Morgan fingerprint density at radius 3 is 2.36 bits per heavy atom. The number of esters is 1. The van der Waals surface area contributed by atoms with Crippen LogP contribution in [-0.2, 0) is 9.53 Å². The highest BCUT2D eigenvalue weighted by Gasteiger charge is 2.18. The Labute approximate surface area is 134 Å². The molecule has 0 N–H and O–H groups in total. The lowest BCUT2D eigenvalue weighted by Crippen LogP contribution is -2.07. The molecule has 0 bridgehead atoms. The van der Waals surface area contributed by atoms with E-state index in [0.29, 0.717) is 12.0 Å². The SMILES string of the molecule is CC.CCOC(=O)/C(F)=C(\C)C1=CC=C(C(C)(C)C)C=CC1. The maximum Gasteiger partial charge on any atom is 0.367 e. The first-order valence-electron chi connectivity index (χ1n) is 7.89. The normalized spacial score (nSPS) is 15.6. The average Bonchev–Trinajstić information content (AvgIpc) is 2.73. The van der Waals surface area contributed by atoms with Gasteiger partial charge in [-0.1, -0.05) is 58.9 Å². The number of rotatable bonds is 3. The van der Waals surface area contributed by atoms with Crippen LogP contribution in [0, 0.1) is 5.41 Å². The Hall–Kier alpha value is -1.64. The van der Waals surface area contributed by atoms with Gasteiger partial charge in [0.15, 0.2) is 0 Å². The predicted octanol–water partition coefficient (Wildman–Crippen LogP) is 5.68. The zero-order valence-electron chi connectivity index (χ0n) is 14.9. The first-order chi connectivity index (χ1) is 10.3. The molecule has 1 aliphatic rings. The van der Waals surface area contributed by atoms with Gasteiger partial charge in [0.1, 0.15) is 0 Å². The lowest BCUT2D eigenvalue weighted by atomic mass is 9.86. The van der Waals surface area contributed by atoms with Crippen LogP contribution in [0.5, 0.6) is 0 Å². The van der Waals surface area contributed by atoms with E-state index in [9.17, 15) is 9.18 Å². The molecule has 0 heterocycles. The molecule has 0 saturated heterocycles. The Bertz CT molecular complexity index is 500. The van der Waals surface area contributed by atoms with Crippen LogP contribution in [0.3, 0.4) is 0 Å². The van der Waals surface area contributed by atoms with E-state index in [4.69, 9.17) is 0 Å². The molecule has 0 aromatic rings. The lowest BCUT2D eigenvalue weighted by molar-refractivity contribution is -0.140. The van der Waals surface area contributed by atoms with Crippen molar-refractivity contribution in [2.24, 2.45) is 5.41 Å². The van der Waals surface area contributed by atoms with Gasteiger partial charge in [-0.2, -0.15) is 4.39 Å². The summed E-state index contributed by atoms with van der Waals surface area (Å²) in [5.74, 6) is -1.70. The van der Waals surface area contributed by atoms with Crippen LogP contribution >= 0.6 is 0 Å². The highest BCUT2D eigenvalue weighted by molar-refractivity contribution is 5.87. The summed E-state index contributed by atoms with van der Waals surface area (Å²) in [7, 11) is 0. The van der Waals surface area contributed by atoms with E-state index in [1.54, 1.807) is 13.8 Å². The fourth-order valence-electron chi connectivity index (χ4n) is 1.89. The Morgan fingerprint density at radius 1 is 1.27 bits per heavy atom. The summed E-state index contributed by atoms with van der Waals surface area (Å²) in [6.45, 7) is 13.8. The monoisotopic (exact) mass is 308 g/mol. The number of carbonyl (C=O) groups is 1. The van der Waals surface area contributed by atoms with Gasteiger partial charge < -0.3 is 4.74 Å². The van der Waals surface area contributed by atoms with Crippen molar-refractivity contribution in [2.45, 2.75) is 54.9 Å². The molecule has 124 valence electrons. The maximum absolute atomic E-state index is 13.9. The van der Waals surface area contributed by atoms with Crippen molar-refractivity contribution in [1.29, 1.82) is 0 Å². The second-order valence-corrected chi connectivity index (χ2v) is 5.83. The van der Waals surface area contributed by atoms with Gasteiger partial charge in [0.25, 0.3) is 0 Å². The third-order valence-corrected chi connectivity index (χ3v) is 3.23. The molecule has 0 unspecified atom stereocenters. The van der Waals surface area contributed by atoms with Gasteiger partial charge in [-0.25, -0.2) is 4.79 Å². The number of halogens is 1. The minimum absolute atomic E-state index is 0.0414. The molecular formula is C19H29FO2. The van der Waals surface area contributed by atoms with Crippen LogP contribution in [0.15, 0.2) is 46.9 Å². The average molecular weight is 308 g/mol. The lowest BCUT2D eigenvalue weighted by Gasteiger charge is -2.19. The molecule has 0 fully saturated rings. The molecular weight excluding hydrogens is 279 g/mol. The zero-order valence-corrected chi connectivity index (χ0v) is 14.9. The zero-order chi connectivity index (χ0) is 17.3. The molecule has 0 amide bonds. The van der Waals surface area contributed by atoms with Crippen LogP contribution in [0.25, 0.3) is 0 Å². The molecule has 0 saturated carbocycles.